The average Bonchev–Trinajstić information content (AvgIpc) is 3.13. The summed E-state index contributed by atoms with van der Waals surface area (Å²) >= 11 is 0. The zero-order valence-electron chi connectivity index (χ0n) is 15.9. The molecule has 6 nitrogen and oxygen atoms in total. The first-order valence-corrected chi connectivity index (χ1v) is 8.92. The summed E-state index contributed by atoms with van der Waals surface area (Å²) in [6.45, 7) is 6.04. The van der Waals surface area contributed by atoms with E-state index in [0.29, 0.717) is 5.69 Å². The molecule has 0 aliphatic rings. The van der Waals surface area contributed by atoms with Crippen molar-refractivity contribution in [2.45, 2.75) is 26.8 Å². The van der Waals surface area contributed by atoms with Crippen LogP contribution >= 0.6 is 0 Å². The number of hydrogen-bond donors (Lipinski definition) is 1. The number of anilines is 1. The number of imidazole rings is 1. The van der Waals surface area contributed by atoms with Gasteiger partial charge < -0.3 is 10.3 Å². The average molecular weight is 362 g/mol. The molecular weight excluding hydrogens is 340 g/mol. The van der Waals surface area contributed by atoms with Crippen LogP contribution in [0.25, 0.3) is 33.4 Å². The lowest BCUT2D eigenvalue weighted by molar-refractivity contribution is 0.439. The molecule has 0 amide bonds. The maximum atomic E-state index is 12.6. The van der Waals surface area contributed by atoms with Gasteiger partial charge in [-0.15, -0.1) is 0 Å². The van der Waals surface area contributed by atoms with E-state index in [4.69, 9.17) is 10.3 Å². The van der Waals surface area contributed by atoms with E-state index in [1.165, 1.54) is 0 Å². The quantitative estimate of drug-likeness (QED) is 0.594. The number of nitrogens with zero attached hydrogens (tertiary/aromatic N) is 3. The van der Waals surface area contributed by atoms with Crippen LogP contribution in [0, 0.1) is 6.92 Å². The summed E-state index contributed by atoms with van der Waals surface area (Å²) in [5, 5.41) is 4.18. The molecule has 4 rings (SSSR count). The molecule has 0 unspecified atom stereocenters. The Kier molecular flexibility index (Phi) is 3.91. The van der Waals surface area contributed by atoms with E-state index in [2.05, 4.69) is 5.16 Å². The van der Waals surface area contributed by atoms with Crippen LogP contribution in [0.15, 0.2) is 51.8 Å². The third kappa shape index (κ3) is 2.65. The van der Waals surface area contributed by atoms with Crippen LogP contribution in [0.5, 0.6) is 0 Å². The van der Waals surface area contributed by atoms with E-state index in [-0.39, 0.29) is 17.6 Å². The number of hydrogen-bond acceptors (Lipinski definition) is 4. The molecule has 0 atom stereocenters. The summed E-state index contributed by atoms with van der Waals surface area (Å²) in [6.07, 6.45) is 0. The van der Waals surface area contributed by atoms with Gasteiger partial charge in [0.15, 0.2) is 0 Å². The van der Waals surface area contributed by atoms with Crippen molar-refractivity contribution in [1.29, 1.82) is 0 Å². The summed E-state index contributed by atoms with van der Waals surface area (Å²) in [4.78, 5) is 12.6. The molecule has 2 heterocycles. The predicted molar refractivity (Wildman–Crippen MR) is 108 cm³/mol. The second kappa shape index (κ2) is 6.16. The lowest BCUT2D eigenvalue weighted by atomic mass is 9.99. The highest BCUT2D eigenvalue weighted by Gasteiger charge is 2.20. The fourth-order valence-electron chi connectivity index (χ4n) is 3.59. The van der Waals surface area contributed by atoms with Gasteiger partial charge in [-0.3, -0.25) is 9.13 Å². The van der Waals surface area contributed by atoms with E-state index in [9.17, 15) is 4.79 Å². The highest BCUT2D eigenvalue weighted by molar-refractivity contribution is 5.91. The van der Waals surface area contributed by atoms with Crippen molar-refractivity contribution in [3.8, 4) is 22.4 Å². The van der Waals surface area contributed by atoms with Crippen molar-refractivity contribution < 1.29 is 4.52 Å². The van der Waals surface area contributed by atoms with Gasteiger partial charge in [0.05, 0.1) is 16.6 Å². The van der Waals surface area contributed by atoms with Crippen LogP contribution in [0.2, 0.25) is 0 Å². The van der Waals surface area contributed by atoms with Gasteiger partial charge in [-0.05, 0) is 44.5 Å². The summed E-state index contributed by atoms with van der Waals surface area (Å²) in [5.41, 5.74) is 12.2. The van der Waals surface area contributed by atoms with Crippen LogP contribution in [-0.2, 0) is 7.05 Å². The lowest BCUT2D eigenvalue weighted by Crippen LogP contribution is -2.23. The first-order valence-electron chi connectivity index (χ1n) is 8.92. The molecular formula is C21H22N4O2. The van der Waals surface area contributed by atoms with E-state index in [1.54, 1.807) is 16.2 Å². The third-order valence-electron chi connectivity index (χ3n) is 4.90. The molecule has 0 aliphatic heterocycles. The zero-order valence-corrected chi connectivity index (χ0v) is 15.9. The van der Waals surface area contributed by atoms with Crippen molar-refractivity contribution in [2.75, 3.05) is 5.73 Å². The lowest BCUT2D eigenvalue weighted by Gasteiger charge is -2.08. The molecule has 4 aromatic rings. The molecule has 2 aromatic carbocycles. The van der Waals surface area contributed by atoms with Crippen molar-refractivity contribution in [3.63, 3.8) is 0 Å². The molecule has 138 valence electrons. The highest BCUT2D eigenvalue weighted by atomic mass is 16.5. The molecule has 2 aromatic heterocycles. The summed E-state index contributed by atoms with van der Waals surface area (Å²) in [6, 6.07) is 14.0. The standard InChI is InChI=1S/C21H22N4O2/c1-12(2)25-16-9-8-14(11-17(16)24(4)21(25)26)18-19(23-27-20(18)22)15-7-5-6-13(3)10-15/h5-12H,22H2,1-4H3. The van der Waals surface area contributed by atoms with E-state index in [1.807, 2.05) is 63.2 Å². The number of aryl methyl sites for hydroxylation is 2. The second-order valence-corrected chi connectivity index (χ2v) is 7.15. The molecule has 6 heteroatoms. The topological polar surface area (TPSA) is 79.0 Å². The van der Waals surface area contributed by atoms with Gasteiger partial charge >= 0.3 is 5.69 Å². The number of benzene rings is 2. The predicted octanol–water partition coefficient (Wildman–Crippen LogP) is 4.13. The second-order valence-electron chi connectivity index (χ2n) is 7.15. The van der Waals surface area contributed by atoms with Crippen molar-refractivity contribution in [3.05, 3.63) is 58.5 Å². The highest BCUT2D eigenvalue weighted by Crippen LogP contribution is 2.37. The van der Waals surface area contributed by atoms with Gasteiger partial charge in [0.25, 0.3) is 0 Å². The van der Waals surface area contributed by atoms with E-state index >= 15 is 0 Å². The molecule has 27 heavy (non-hydrogen) atoms. The Morgan fingerprint density at radius 2 is 1.85 bits per heavy atom. The summed E-state index contributed by atoms with van der Waals surface area (Å²) in [7, 11) is 1.78. The minimum atomic E-state index is -0.0330. The van der Waals surface area contributed by atoms with Gasteiger partial charge in [0.1, 0.15) is 5.69 Å². The van der Waals surface area contributed by atoms with Gasteiger partial charge in [-0.2, -0.15) is 0 Å². The molecule has 0 saturated carbocycles. The number of nitrogens with two attached hydrogens (primary N) is 1. The molecule has 0 bridgehead atoms. The first-order chi connectivity index (χ1) is 12.9. The normalized spacial score (nSPS) is 11.6. The molecule has 0 spiro atoms. The Labute approximate surface area is 156 Å². The van der Waals surface area contributed by atoms with Gasteiger partial charge in [-0.1, -0.05) is 35.0 Å². The zero-order chi connectivity index (χ0) is 19.3. The SMILES string of the molecule is Cc1cccc(-c2noc(N)c2-c2ccc3c(c2)n(C)c(=O)n3C(C)C)c1. The third-order valence-corrected chi connectivity index (χ3v) is 4.90. The number of rotatable bonds is 3. The Balaban J connectivity index is 1.95. The van der Waals surface area contributed by atoms with Crippen LogP contribution in [0.1, 0.15) is 25.5 Å². The minimum Gasteiger partial charge on any atom is -0.367 e. The van der Waals surface area contributed by atoms with Crippen LogP contribution < -0.4 is 11.4 Å². The van der Waals surface area contributed by atoms with Crippen molar-refractivity contribution in [1.82, 2.24) is 14.3 Å². The Morgan fingerprint density at radius 3 is 2.56 bits per heavy atom. The molecule has 0 radical (unpaired) electrons. The van der Waals surface area contributed by atoms with Gasteiger partial charge in [-0.25, -0.2) is 4.79 Å². The maximum Gasteiger partial charge on any atom is 0.329 e. The smallest absolute Gasteiger partial charge is 0.329 e. The largest absolute Gasteiger partial charge is 0.367 e. The van der Waals surface area contributed by atoms with Crippen molar-refractivity contribution in [2.24, 2.45) is 7.05 Å². The van der Waals surface area contributed by atoms with Gasteiger partial charge in [0, 0.05) is 18.7 Å². The van der Waals surface area contributed by atoms with E-state index < -0.39 is 0 Å². The van der Waals surface area contributed by atoms with Crippen LogP contribution in [0.4, 0.5) is 5.88 Å². The fourth-order valence-corrected chi connectivity index (χ4v) is 3.59. The summed E-state index contributed by atoms with van der Waals surface area (Å²) in [5.74, 6) is 0.263. The Morgan fingerprint density at radius 1 is 1.07 bits per heavy atom. The van der Waals surface area contributed by atoms with Gasteiger partial charge in [0.2, 0.25) is 5.88 Å². The van der Waals surface area contributed by atoms with Crippen molar-refractivity contribution >= 4 is 16.9 Å². The molecule has 0 fully saturated rings. The Hall–Kier alpha value is -3.28. The summed E-state index contributed by atoms with van der Waals surface area (Å²) < 4.78 is 8.76. The maximum absolute atomic E-state index is 12.6. The number of fused-ring (bicyclic) bond motifs is 1. The molecule has 2 N–H and O–H groups in total. The van der Waals surface area contributed by atoms with E-state index in [0.717, 1.165) is 33.3 Å². The molecule has 0 aliphatic carbocycles. The first kappa shape index (κ1) is 17.1. The monoisotopic (exact) mass is 362 g/mol. The Bertz CT molecular complexity index is 1210. The van der Waals surface area contributed by atoms with Crippen LogP contribution in [0.3, 0.4) is 0 Å². The van der Waals surface area contributed by atoms with Crippen LogP contribution in [-0.4, -0.2) is 14.3 Å². The molecule has 0 saturated heterocycles. The number of aromatic nitrogens is 3. The minimum absolute atomic E-state index is 0.0330. The fraction of sp³-hybridized carbons (Fsp3) is 0.238. The number of nitrogen functional groups attached to an aromatic ring is 1.